The van der Waals surface area contributed by atoms with Gasteiger partial charge in [0, 0.05) is 13.2 Å². The SMILES string of the molecule is COC(=O)C1=C/c2cccn2C(=O)N(C)/N=C\1. The zero-order valence-corrected chi connectivity index (χ0v) is 9.45. The van der Waals surface area contributed by atoms with Gasteiger partial charge in [-0.25, -0.2) is 14.6 Å². The van der Waals surface area contributed by atoms with E-state index in [1.54, 1.807) is 24.4 Å². The number of ether oxygens (including phenoxy) is 1. The van der Waals surface area contributed by atoms with Crippen molar-refractivity contribution in [2.45, 2.75) is 0 Å². The molecule has 1 aromatic rings. The maximum atomic E-state index is 11.8. The van der Waals surface area contributed by atoms with Crippen LogP contribution in [0.25, 0.3) is 6.08 Å². The van der Waals surface area contributed by atoms with Crippen molar-refractivity contribution in [1.82, 2.24) is 9.58 Å². The van der Waals surface area contributed by atoms with Crippen LogP contribution in [0.4, 0.5) is 4.79 Å². The Bertz CT molecular complexity index is 528. The van der Waals surface area contributed by atoms with Crippen LogP contribution in [0.3, 0.4) is 0 Å². The van der Waals surface area contributed by atoms with Crippen LogP contribution in [0.5, 0.6) is 0 Å². The lowest BCUT2D eigenvalue weighted by Gasteiger charge is -2.15. The lowest BCUT2D eigenvalue weighted by Crippen LogP contribution is -2.28. The fourth-order valence-corrected chi connectivity index (χ4v) is 1.47. The van der Waals surface area contributed by atoms with Gasteiger partial charge in [-0.1, -0.05) is 0 Å². The lowest BCUT2D eigenvalue weighted by atomic mass is 10.2. The fraction of sp³-hybridized carbons (Fsp3) is 0.182. The quantitative estimate of drug-likeness (QED) is 0.678. The topological polar surface area (TPSA) is 63.9 Å². The number of amides is 1. The van der Waals surface area contributed by atoms with Crippen molar-refractivity contribution in [3.63, 3.8) is 0 Å². The summed E-state index contributed by atoms with van der Waals surface area (Å²) < 4.78 is 6.03. The van der Waals surface area contributed by atoms with Gasteiger partial charge >= 0.3 is 12.0 Å². The third-order valence-electron chi connectivity index (χ3n) is 2.36. The van der Waals surface area contributed by atoms with Crippen LogP contribution in [-0.4, -0.2) is 41.9 Å². The number of carbonyl (C=O) groups is 2. The Morgan fingerprint density at radius 2 is 2.24 bits per heavy atom. The van der Waals surface area contributed by atoms with Crippen LogP contribution >= 0.6 is 0 Å². The first kappa shape index (κ1) is 11.1. The highest BCUT2D eigenvalue weighted by Gasteiger charge is 2.17. The number of fused-ring (bicyclic) bond motifs is 1. The molecule has 1 aliphatic heterocycles. The van der Waals surface area contributed by atoms with Gasteiger partial charge in [-0.15, -0.1) is 0 Å². The standard InChI is InChI=1S/C11H11N3O3/c1-13-11(16)14-5-3-4-9(14)6-8(7-12-13)10(15)17-2/h3-7H,1-2H3/b8-6+,12-7-. The highest BCUT2D eigenvalue weighted by atomic mass is 16.5. The number of hydrazone groups is 1. The molecule has 0 spiro atoms. The molecule has 88 valence electrons. The van der Waals surface area contributed by atoms with Gasteiger partial charge in [0.25, 0.3) is 0 Å². The van der Waals surface area contributed by atoms with Crippen molar-refractivity contribution < 1.29 is 14.3 Å². The number of nitrogens with zero attached hydrogens (tertiary/aromatic N) is 3. The fourth-order valence-electron chi connectivity index (χ4n) is 1.47. The van der Waals surface area contributed by atoms with E-state index < -0.39 is 5.97 Å². The van der Waals surface area contributed by atoms with Crippen LogP contribution in [0.2, 0.25) is 0 Å². The summed E-state index contributed by atoms with van der Waals surface area (Å²) in [6.45, 7) is 0. The Kier molecular flexibility index (Phi) is 2.78. The van der Waals surface area contributed by atoms with Crippen molar-refractivity contribution in [2.24, 2.45) is 5.10 Å². The first-order chi connectivity index (χ1) is 8.13. The van der Waals surface area contributed by atoms with Gasteiger partial charge in [0.05, 0.1) is 24.6 Å². The van der Waals surface area contributed by atoms with E-state index in [4.69, 9.17) is 0 Å². The van der Waals surface area contributed by atoms with Gasteiger partial charge in [-0.2, -0.15) is 5.10 Å². The van der Waals surface area contributed by atoms with Gasteiger partial charge in [0.15, 0.2) is 0 Å². The van der Waals surface area contributed by atoms with Gasteiger partial charge in [0.2, 0.25) is 0 Å². The van der Waals surface area contributed by atoms with Crippen molar-refractivity contribution in [1.29, 1.82) is 0 Å². The number of aromatic nitrogens is 1. The monoisotopic (exact) mass is 233 g/mol. The second kappa shape index (κ2) is 4.25. The average Bonchev–Trinajstić information content (AvgIpc) is 2.78. The predicted molar refractivity (Wildman–Crippen MR) is 61.5 cm³/mol. The summed E-state index contributed by atoms with van der Waals surface area (Å²) in [5.41, 5.74) is 0.889. The molecule has 6 nitrogen and oxygen atoms in total. The van der Waals surface area contributed by atoms with E-state index >= 15 is 0 Å². The summed E-state index contributed by atoms with van der Waals surface area (Å²) in [5, 5.41) is 5.01. The maximum Gasteiger partial charge on any atom is 0.348 e. The largest absolute Gasteiger partial charge is 0.465 e. The molecule has 1 aromatic heterocycles. The van der Waals surface area contributed by atoms with Crippen molar-refractivity contribution in [3.8, 4) is 0 Å². The number of rotatable bonds is 1. The van der Waals surface area contributed by atoms with Gasteiger partial charge in [0.1, 0.15) is 0 Å². The third kappa shape index (κ3) is 1.96. The summed E-state index contributed by atoms with van der Waals surface area (Å²) in [6.07, 6.45) is 4.47. The molecular formula is C11H11N3O3. The Hall–Kier alpha value is -2.37. The molecule has 0 N–H and O–H groups in total. The smallest absolute Gasteiger partial charge is 0.348 e. The number of hydrogen-bond donors (Lipinski definition) is 0. The van der Waals surface area contributed by atoms with Crippen LogP contribution in [0.1, 0.15) is 5.69 Å². The second-order valence-corrected chi connectivity index (χ2v) is 3.45. The molecule has 0 radical (unpaired) electrons. The van der Waals surface area contributed by atoms with E-state index in [0.29, 0.717) is 5.69 Å². The predicted octanol–water partition coefficient (Wildman–Crippen LogP) is 0.944. The molecule has 1 amide bonds. The number of hydrogen-bond acceptors (Lipinski definition) is 4. The summed E-state index contributed by atoms with van der Waals surface area (Å²) in [4.78, 5) is 23.3. The average molecular weight is 233 g/mol. The molecule has 0 bridgehead atoms. The summed E-state index contributed by atoms with van der Waals surface area (Å²) >= 11 is 0. The molecule has 0 saturated carbocycles. The van der Waals surface area contributed by atoms with Crippen LogP contribution < -0.4 is 0 Å². The molecule has 2 rings (SSSR count). The number of esters is 1. The van der Waals surface area contributed by atoms with E-state index in [2.05, 4.69) is 9.84 Å². The summed E-state index contributed by atoms with van der Waals surface area (Å²) in [7, 11) is 2.81. The first-order valence-corrected chi connectivity index (χ1v) is 4.93. The zero-order valence-electron chi connectivity index (χ0n) is 9.45. The lowest BCUT2D eigenvalue weighted by molar-refractivity contribution is -0.135. The Balaban J connectivity index is 2.53. The summed E-state index contributed by atoms with van der Waals surface area (Å²) in [6, 6.07) is 3.16. The number of methoxy groups -OCH3 is 1. The van der Waals surface area contributed by atoms with E-state index in [0.717, 1.165) is 5.01 Å². The minimum absolute atomic E-state index is 0.284. The Morgan fingerprint density at radius 3 is 2.94 bits per heavy atom. The van der Waals surface area contributed by atoms with Crippen molar-refractivity contribution in [3.05, 3.63) is 29.6 Å². The summed E-state index contributed by atoms with van der Waals surface area (Å²) in [5.74, 6) is -0.496. The van der Waals surface area contributed by atoms with Crippen LogP contribution in [-0.2, 0) is 9.53 Å². The normalized spacial score (nSPS) is 19.8. The molecule has 6 heteroatoms. The third-order valence-corrected chi connectivity index (χ3v) is 2.36. The molecule has 1 aliphatic rings. The van der Waals surface area contributed by atoms with E-state index in [1.165, 1.54) is 24.9 Å². The van der Waals surface area contributed by atoms with E-state index in [1.807, 2.05) is 0 Å². The zero-order chi connectivity index (χ0) is 12.4. The van der Waals surface area contributed by atoms with Crippen molar-refractivity contribution >= 4 is 24.3 Å². The Labute approximate surface area is 97.8 Å². The van der Waals surface area contributed by atoms with Gasteiger partial charge in [-0.3, -0.25) is 4.57 Å². The highest BCUT2D eigenvalue weighted by molar-refractivity contribution is 6.13. The molecule has 0 saturated heterocycles. The maximum absolute atomic E-state index is 11.8. The van der Waals surface area contributed by atoms with Crippen molar-refractivity contribution in [2.75, 3.05) is 14.2 Å². The van der Waals surface area contributed by atoms with Crippen LogP contribution in [0.15, 0.2) is 29.0 Å². The van der Waals surface area contributed by atoms with E-state index in [9.17, 15) is 9.59 Å². The highest BCUT2D eigenvalue weighted by Crippen LogP contribution is 2.12. The number of carbonyl (C=O) groups excluding carboxylic acids is 2. The molecule has 17 heavy (non-hydrogen) atoms. The molecule has 2 heterocycles. The van der Waals surface area contributed by atoms with Gasteiger partial charge in [-0.05, 0) is 18.2 Å². The molecule has 0 unspecified atom stereocenters. The molecular weight excluding hydrogens is 222 g/mol. The molecule has 0 atom stereocenters. The minimum atomic E-state index is -0.496. The van der Waals surface area contributed by atoms with E-state index in [-0.39, 0.29) is 11.6 Å². The molecule has 0 fully saturated rings. The van der Waals surface area contributed by atoms with Gasteiger partial charge < -0.3 is 4.74 Å². The second-order valence-electron chi connectivity index (χ2n) is 3.45. The minimum Gasteiger partial charge on any atom is -0.465 e. The first-order valence-electron chi connectivity index (χ1n) is 4.93. The molecule has 0 aromatic carbocycles. The Morgan fingerprint density at radius 1 is 1.47 bits per heavy atom. The molecule has 0 aliphatic carbocycles. The van der Waals surface area contributed by atoms with Crippen LogP contribution in [0, 0.1) is 0 Å².